The van der Waals surface area contributed by atoms with Crippen molar-refractivity contribution in [3.8, 4) is 11.8 Å². The zero-order chi connectivity index (χ0) is 11.3. The van der Waals surface area contributed by atoms with Crippen molar-refractivity contribution in [3.05, 3.63) is 29.6 Å². The molecule has 0 spiro atoms. The Kier molecular flexibility index (Phi) is 4.11. The van der Waals surface area contributed by atoms with Gasteiger partial charge in [0.2, 0.25) is 0 Å². The lowest BCUT2D eigenvalue weighted by Crippen LogP contribution is -2.02. The van der Waals surface area contributed by atoms with Gasteiger partial charge in [-0.2, -0.15) is 5.26 Å². The normalized spacial score (nSPS) is 10.1. The molecule has 0 aromatic heterocycles. The molecule has 2 nitrogen and oxygen atoms in total. The molecule has 0 amide bonds. The highest BCUT2D eigenvalue weighted by Crippen LogP contribution is 2.18. The topological polar surface area (TPSA) is 33.0 Å². The van der Waals surface area contributed by atoms with E-state index >= 15 is 0 Å². The van der Waals surface area contributed by atoms with E-state index in [0.29, 0.717) is 18.1 Å². The van der Waals surface area contributed by atoms with Crippen molar-refractivity contribution in [1.82, 2.24) is 0 Å². The lowest BCUT2D eigenvalue weighted by atomic mass is 10.1. The summed E-state index contributed by atoms with van der Waals surface area (Å²) >= 11 is 0. The smallest absolute Gasteiger partial charge is 0.166 e. The number of hydrogen-bond acceptors (Lipinski definition) is 2. The molecular weight excluding hydrogens is 193 g/mol. The van der Waals surface area contributed by atoms with Gasteiger partial charge in [0.15, 0.2) is 11.6 Å². The summed E-state index contributed by atoms with van der Waals surface area (Å²) < 4.78 is 18.5. The van der Waals surface area contributed by atoms with Crippen LogP contribution in [0.4, 0.5) is 4.39 Å². The third-order valence-electron chi connectivity index (χ3n) is 2.01. The van der Waals surface area contributed by atoms with Crippen LogP contribution in [-0.2, 0) is 0 Å². The van der Waals surface area contributed by atoms with Gasteiger partial charge in [0.05, 0.1) is 18.2 Å². The molecule has 0 saturated heterocycles. The molecule has 0 bridgehead atoms. The summed E-state index contributed by atoms with van der Waals surface area (Å²) in [5.41, 5.74) is 0.309. The molecule has 0 saturated carbocycles. The number of rotatable bonds is 4. The summed E-state index contributed by atoms with van der Waals surface area (Å²) in [6.45, 7) is 4.66. The van der Waals surface area contributed by atoms with E-state index < -0.39 is 5.82 Å². The van der Waals surface area contributed by atoms with Crippen molar-refractivity contribution < 1.29 is 9.13 Å². The highest BCUT2D eigenvalue weighted by atomic mass is 19.1. The Bertz CT molecular complexity index is 368. The van der Waals surface area contributed by atoms with Crippen LogP contribution in [0.5, 0.6) is 5.75 Å². The van der Waals surface area contributed by atoms with Gasteiger partial charge in [-0.05, 0) is 30.5 Å². The number of nitrogens with zero attached hydrogens (tertiary/aromatic N) is 1. The largest absolute Gasteiger partial charge is 0.491 e. The second-order valence-corrected chi connectivity index (χ2v) is 3.79. The zero-order valence-corrected chi connectivity index (χ0v) is 8.96. The predicted octanol–water partition coefficient (Wildman–Crippen LogP) is 3.12. The van der Waals surface area contributed by atoms with Crippen LogP contribution in [0.1, 0.15) is 25.8 Å². The minimum atomic E-state index is -0.474. The Hall–Kier alpha value is -1.56. The molecular formula is C12H14FNO. The molecule has 80 valence electrons. The molecule has 0 aliphatic rings. The quantitative estimate of drug-likeness (QED) is 0.759. The van der Waals surface area contributed by atoms with Gasteiger partial charge in [0.25, 0.3) is 0 Å². The summed E-state index contributed by atoms with van der Waals surface area (Å²) in [5.74, 6) is 0.277. The maximum atomic E-state index is 13.3. The average molecular weight is 207 g/mol. The third-order valence-corrected chi connectivity index (χ3v) is 2.01. The Morgan fingerprint density at radius 1 is 1.47 bits per heavy atom. The van der Waals surface area contributed by atoms with E-state index in [-0.39, 0.29) is 5.75 Å². The summed E-state index contributed by atoms with van der Waals surface area (Å²) in [4.78, 5) is 0. The number of ether oxygens (including phenoxy) is 1. The zero-order valence-electron chi connectivity index (χ0n) is 8.96. The number of benzene rings is 1. The van der Waals surface area contributed by atoms with Crippen LogP contribution in [0.15, 0.2) is 18.2 Å². The molecule has 1 aromatic carbocycles. The van der Waals surface area contributed by atoms with Gasteiger partial charge in [-0.25, -0.2) is 4.39 Å². The molecule has 1 rings (SSSR count). The first-order chi connectivity index (χ1) is 7.13. The fourth-order valence-electron chi connectivity index (χ4n) is 1.09. The standard InChI is InChI=1S/C12H14FNO/c1-9(2)5-6-15-12-4-3-10(8-14)7-11(12)13/h3-4,7,9H,5-6H2,1-2H3. The molecule has 15 heavy (non-hydrogen) atoms. The lowest BCUT2D eigenvalue weighted by Gasteiger charge is -2.08. The fourth-order valence-corrected chi connectivity index (χ4v) is 1.09. The molecule has 0 N–H and O–H groups in total. The second-order valence-electron chi connectivity index (χ2n) is 3.79. The van der Waals surface area contributed by atoms with Crippen molar-refractivity contribution in [1.29, 1.82) is 5.26 Å². The number of nitriles is 1. The Balaban J connectivity index is 2.59. The van der Waals surface area contributed by atoms with E-state index in [1.807, 2.05) is 6.07 Å². The van der Waals surface area contributed by atoms with E-state index in [1.54, 1.807) is 6.07 Å². The second kappa shape index (κ2) is 5.35. The molecule has 0 aliphatic carbocycles. The summed E-state index contributed by atoms with van der Waals surface area (Å²) in [5, 5.41) is 8.54. The van der Waals surface area contributed by atoms with Crippen molar-refractivity contribution in [2.45, 2.75) is 20.3 Å². The molecule has 0 aliphatic heterocycles. The summed E-state index contributed by atoms with van der Waals surface area (Å²) in [6.07, 6.45) is 0.888. The number of hydrogen-bond donors (Lipinski definition) is 0. The van der Waals surface area contributed by atoms with E-state index in [4.69, 9.17) is 10.00 Å². The highest BCUT2D eigenvalue weighted by Gasteiger charge is 2.04. The van der Waals surface area contributed by atoms with Crippen molar-refractivity contribution in [2.24, 2.45) is 5.92 Å². The van der Waals surface area contributed by atoms with Crippen LogP contribution < -0.4 is 4.74 Å². The van der Waals surface area contributed by atoms with E-state index in [1.165, 1.54) is 12.1 Å². The van der Waals surface area contributed by atoms with E-state index in [2.05, 4.69) is 13.8 Å². The van der Waals surface area contributed by atoms with Gasteiger partial charge in [-0.3, -0.25) is 0 Å². The third kappa shape index (κ3) is 3.59. The van der Waals surface area contributed by atoms with Crippen LogP contribution in [-0.4, -0.2) is 6.61 Å². The van der Waals surface area contributed by atoms with Crippen molar-refractivity contribution in [2.75, 3.05) is 6.61 Å². The van der Waals surface area contributed by atoms with Crippen LogP contribution in [0.3, 0.4) is 0 Å². The van der Waals surface area contributed by atoms with E-state index in [9.17, 15) is 4.39 Å². The highest BCUT2D eigenvalue weighted by molar-refractivity contribution is 5.35. The molecule has 0 unspecified atom stereocenters. The monoisotopic (exact) mass is 207 g/mol. The Labute approximate surface area is 89.3 Å². The first kappa shape index (κ1) is 11.5. The van der Waals surface area contributed by atoms with Gasteiger partial charge >= 0.3 is 0 Å². The molecule has 0 radical (unpaired) electrons. The minimum absolute atomic E-state index is 0.217. The predicted molar refractivity (Wildman–Crippen MR) is 56.1 cm³/mol. The summed E-state index contributed by atoms with van der Waals surface area (Å²) in [7, 11) is 0. The number of halogens is 1. The van der Waals surface area contributed by atoms with Crippen LogP contribution in [0, 0.1) is 23.1 Å². The minimum Gasteiger partial charge on any atom is -0.491 e. The van der Waals surface area contributed by atoms with Crippen molar-refractivity contribution in [3.63, 3.8) is 0 Å². The van der Waals surface area contributed by atoms with E-state index in [0.717, 1.165) is 6.42 Å². The van der Waals surface area contributed by atoms with Gasteiger partial charge < -0.3 is 4.74 Å². The Morgan fingerprint density at radius 3 is 2.73 bits per heavy atom. The van der Waals surface area contributed by atoms with Crippen molar-refractivity contribution >= 4 is 0 Å². The summed E-state index contributed by atoms with van der Waals surface area (Å²) in [6, 6.07) is 6.10. The van der Waals surface area contributed by atoms with Crippen LogP contribution in [0.25, 0.3) is 0 Å². The molecule has 0 heterocycles. The average Bonchev–Trinajstić information content (AvgIpc) is 2.20. The van der Waals surface area contributed by atoms with Crippen LogP contribution >= 0.6 is 0 Å². The Morgan fingerprint density at radius 2 is 2.20 bits per heavy atom. The van der Waals surface area contributed by atoms with Gasteiger partial charge in [0.1, 0.15) is 0 Å². The van der Waals surface area contributed by atoms with Gasteiger partial charge in [-0.1, -0.05) is 13.8 Å². The first-order valence-electron chi connectivity index (χ1n) is 4.96. The lowest BCUT2D eigenvalue weighted by molar-refractivity contribution is 0.277. The maximum Gasteiger partial charge on any atom is 0.166 e. The van der Waals surface area contributed by atoms with Gasteiger partial charge in [-0.15, -0.1) is 0 Å². The molecule has 0 fully saturated rings. The molecule has 1 aromatic rings. The van der Waals surface area contributed by atoms with Crippen LogP contribution in [0.2, 0.25) is 0 Å². The molecule has 0 atom stereocenters. The SMILES string of the molecule is CC(C)CCOc1ccc(C#N)cc1F. The first-order valence-corrected chi connectivity index (χ1v) is 4.96. The van der Waals surface area contributed by atoms with Gasteiger partial charge in [0, 0.05) is 0 Å². The maximum absolute atomic E-state index is 13.3. The molecule has 3 heteroatoms. The fraction of sp³-hybridized carbons (Fsp3) is 0.417.